The fraction of sp³-hybridized carbons (Fsp3) is 0.556. The van der Waals surface area contributed by atoms with E-state index in [9.17, 15) is 9.59 Å². The van der Waals surface area contributed by atoms with Gasteiger partial charge in [-0.3, -0.25) is 4.79 Å². The maximum absolute atomic E-state index is 12.4. The Hall–Kier alpha value is -2.08. The number of ether oxygens (including phenoxy) is 1. The molecule has 2 saturated heterocycles. The molecule has 0 radical (unpaired) electrons. The number of benzene rings is 1. The number of rotatable bonds is 4. The van der Waals surface area contributed by atoms with Crippen LogP contribution in [0.4, 0.5) is 10.5 Å². The van der Waals surface area contributed by atoms with Gasteiger partial charge in [0.15, 0.2) is 0 Å². The van der Waals surface area contributed by atoms with E-state index in [1.54, 1.807) is 12.1 Å². The van der Waals surface area contributed by atoms with Crippen LogP contribution in [0.5, 0.6) is 0 Å². The van der Waals surface area contributed by atoms with Crippen LogP contribution in [-0.2, 0) is 4.74 Å². The smallest absolute Gasteiger partial charge is 0.319 e. The van der Waals surface area contributed by atoms with Crippen LogP contribution in [-0.4, -0.2) is 49.2 Å². The number of carbonyl (C=O) groups excluding carboxylic acids is 2. The molecule has 1 aromatic carbocycles. The molecular formula is C18H25N3O3. The zero-order valence-electron chi connectivity index (χ0n) is 14.1. The Bertz CT molecular complexity index is 606. The molecule has 0 aliphatic carbocycles. The van der Waals surface area contributed by atoms with E-state index in [1.165, 1.54) is 0 Å². The predicted octanol–water partition coefficient (Wildman–Crippen LogP) is 2.53. The van der Waals surface area contributed by atoms with Gasteiger partial charge in [0.05, 0.1) is 6.10 Å². The lowest BCUT2D eigenvalue weighted by atomic mass is 10.1. The lowest BCUT2D eigenvalue weighted by Crippen LogP contribution is -2.35. The number of hydrogen-bond donors (Lipinski definition) is 2. The second kappa shape index (κ2) is 7.66. The van der Waals surface area contributed by atoms with E-state index in [4.69, 9.17) is 4.74 Å². The fourth-order valence-electron chi connectivity index (χ4n) is 3.22. The van der Waals surface area contributed by atoms with Gasteiger partial charge in [0.1, 0.15) is 0 Å². The van der Waals surface area contributed by atoms with Gasteiger partial charge in [-0.25, -0.2) is 4.79 Å². The minimum absolute atomic E-state index is 0.0741. The third kappa shape index (κ3) is 4.06. The standard InChI is InChI=1S/C18H25N3O3/c1-13-11-14(17(22)21-8-2-3-9-21)6-7-16(13)20-18(23)19-12-15-5-4-10-24-15/h6-7,11,15H,2-5,8-10,12H2,1H3,(H2,19,20,23)/t15-/m0/s1. The number of carbonyl (C=O) groups is 2. The molecule has 2 fully saturated rings. The second-order valence-corrected chi connectivity index (χ2v) is 6.50. The number of amides is 3. The second-order valence-electron chi connectivity index (χ2n) is 6.50. The van der Waals surface area contributed by atoms with E-state index >= 15 is 0 Å². The van der Waals surface area contributed by atoms with Crippen LogP contribution < -0.4 is 10.6 Å². The first-order valence-electron chi connectivity index (χ1n) is 8.70. The summed E-state index contributed by atoms with van der Waals surface area (Å²) in [5.74, 6) is 0.0741. The maximum Gasteiger partial charge on any atom is 0.319 e. The molecule has 3 rings (SSSR count). The molecule has 0 aromatic heterocycles. The Balaban J connectivity index is 1.55. The maximum atomic E-state index is 12.4. The van der Waals surface area contributed by atoms with Gasteiger partial charge in [-0.2, -0.15) is 0 Å². The summed E-state index contributed by atoms with van der Waals surface area (Å²) in [5, 5.41) is 5.67. The Morgan fingerprint density at radius 2 is 2.04 bits per heavy atom. The number of hydrogen-bond acceptors (Lipinski definition) is 3. The molecule has 0 unspecified atom stereocenters. The molecule has 0 saturated carbocycles. The van der Waals surface area contributed by atoms with Gasteiger partial charge in [0.2, 0.25) is 0 Å². The summed E-state index contributed by atoms with van der Waals surface area (Å²) in [6.45, 7) is 4.87. The molecule has 2 aliphatic heterocycles. The van der Waals surface area contributed by atoms with Crippen LogP contribution in [0.25, 0.3) is 0 Å². The molecule has 130 valence electrons. The minimum Gasteiger partial charge on any atom is -0.376 e. The lowest BCUT2D eigenvalue weighted by molar-refractivity contribution is 0.0792. The van der Waals surface area contributed by atoms with E-state index < -0.39 is 0 Å². The molecule has 2 aliphatic rings. The molecule has 1 aromatic rings. The number of likely N-dealkylation sites (tertiary alicyclic amines) is 1. The number of nitrogens with zero attached hydrogens (tertiary/aromatic N) is 1. The summed E-state index contributed by atoms with van der Waals surface area (Å²) in [5.41, 5.74) is 2.28. The molecular weight excluding hydrogens is 306 g/mol. The highest BCUT2D eigenvalue weighted by atomic mass is 16.5. The highest BCUT2D eigenvalue weighted by molar-refractivity contribution is 5.96. The van der Waals surface area contributed by atoms with E-state index in [0.717, 1.165) is 56.6 Å². The van der Waals surface area contributed by atoms with Crippen LogP contribution in [0.2, 0.25) is 0 Å². The number of urea groups is 1. The zero-order chi connectivity index (χ0) is 16.9. The molecule has 3 amide bonds. The van der Waals surface area contributed by atoms with Crippen molar-refractivity contribution in [1.29, 1.82) is 0 Å². The Labute approximate surface area is 142 Å². The van der Waals surface area contributed by atoms with Crippen LogP contribution in [0.15, 0.2) is 18.2 Å². The van der Waals surface area contributed by atoms with Crippen molar-refractivity contribution in [3.8, 4) is 0 Å². The summed E-state index contributed by atoms with van der Waals surface area (Å²) >= 11 is 0. The lowest BCUT2D eigenvalue weighted by Gasteiger charge is -2.17. The quantitative estimate of drug-likeness (QED) is 0.891. The van der Waals surface area contributed by atoms with Crippen LogP contribution in [0, 0.1) is 6.92 Å². The Kier molecular flexibility index (Phi) is 5.35. The highest BCUT2D eigenvalue weighted by Crippen LogP contribution is 2.19. The van der Waals surface area contributed by atoms with Crippen molar-refractivity contribution < 1.29 is 14.3 Å². The van der Waals surface area contributed by atoms with E-state index in [-0.39, 0.29) is 18.0 Å². The van der Waals surface area contributed by atoms with Crippen LogP contribution >= 0.6 is 0 Å². The van der Waals surface area contributed by atoms with Gasteiger partial charge in [0.25, 0.3) is 5.91 Å². The largest absolute Gasteiger partial charge is 0.376 e. The SMILES string of the molecule is Cc1cc(C(=O)N2CCCC2)ccc1NC(=O)NC[C@@H]1CCCO1. The number of nitrogens with one attached hydrogen (secondary N) is 2. The molecule has 0 spiro atoms. The minimum atomic E-state index is -0.243. The topological polar surface area (TPSA) is 70.7 Å². The molecule has 6 heteroatoms. The average Bonchev–Trinajstić information content (AvgIpc) is 3.27. The molecule has 6 nitrogen and oxygen atoms in total. The Morgan fingerprint density at radius 3 is 2.71 bits per heavy atom. The summed E-state index contributed by atoms with van der Waals surface area (Å²) in [6, 6.07) is 5.18. The van der Waals surface area contributed by atoms with Crippen molar-refractivity contribution in [1.82, 2.24) is 10.2 Å². The first kappa shape index (κ1) is 16.8. The van der Waals surface area contributed by atoms with Crippen molar-refractivity contribution in [2.45, 2.75) is 38.7 Å². The van der Waals surface area contributed by atoms with Gasteiger partial charge in [0, 0.05) is 37.5 Å². The summed E-state index contributed by atoms with van der Waals surface area (Å²) in [7, 11) is 0. The highest BCUT2D eigenvalue weighted by Gasteiger charge is 2.20. The monoisotopic (exact) mass is 331 g/mol. The van der Waals surface area contributed by atoms with E-state index in [1.807, 2.05) is 17.9 Å². The normalized spacial score (nSPS) is 20.2. The molecule has 1 atom stereocenters. The third-order valence-corrected chi connectivity index (χ3v) is 4.63. The molecule has 24 heavy (non-hydrogen) atoms. The van der Waals surface area contributed by atoms with Gasteiger partial charge in [-0.15, -0.1) is 0 Å². The average molecular weight is 331 g/mol. The third-order valence-electron chi connectivity index (χ3n) is 4.63. The van der Waals surface area contributed by atoms with Gasteiger partial charge in [-0.1, -0.05) is 0 Å². The van der Waals surface area contributed by atoms with E-state index in [2.05, 4.69) is 10.6 Å². The molecule has 0 bridgehead atoms. The fourth-order valence-corrected chi connectivity index (χ4v) is 3.22. The van der Waals surface area contributed by atoms with Crippen molar-refractivity contribution in [2.24, 2.45) is 0 Å². The Morgan fingerprint density at radius 1 is 1.25 bits per heavy atom. The van der Waals surface area contributed by atoms with Gasteiger partial charge < -0.3 is 20.3 Å². The predicted molar refractivity (Wildman–Crippen MR) is 92.3 cm³/mol. The van der Waals surface area contributed by atoms with Crippen molar-refractivity contribution in [3.63, 3.8) is 0 Å². The summed E-state index contributed by atoms with van der Waals surface area (Å²) in [4.78, 5) is 26.3. The molecule has 2 heterocycles. The first-order chi connectivity index (χ1) is 11.6. The van der Waals surface area contributed by atoms with Gasteiger partial charge in [-0.05, 0) is 56.4 Å². The zero-order valence-corrected chi connectivity index (χ0v) is 14.1. The first-order valence-corrected chi connectivity index (χ1v) is 8.70. The van der Waals surface area contributed by atoms with Gasteiger partial charge >= 0.3 is 6.03 Å². The van der Waals surface area contributed by atoms with Crippen molar-refractivity contribution in [2.75, 3.05) is 31.6 Å². The summed E-state index contributed by atoms with van der Waals surface area (Å²) in [6.07, 6.45) is 4.33. The summed E-state index contributed by atoms with van der Waals surface area (Å²) < 4.78 is 5.48. The van der Waals surface area contributed by atoms with Crippen LogP contribution in [0.1, 0.15) is 41.6 Å². The number of anilines is 1. The van der Waals surface area contributed by atoms with E-state index in [0.29, 0.717) is 12.1 Å². The van der Waals surface area contributed by atoms with Crippen molar-refractivity contribution in [3.05, 3.63) is 29.3 Å². The number of aryl methyl sites for hydroxylation is 1. The van der Waals surface area contributed by atoms with Crippen LogP contribution in [0.3, 0.4) is 0 Å². The van der Waals surface area contributed by atoms with Crippen molar-refractivity contribution >= 4 is 17.6 Å². The molecule has 2 N–H and O–H groups in total.